The van der Waals surface area contributed by atoms with Gasteiger partial charge < -0.3 is 5.11 Å². The van der Waals surface area contributed by atoms with Crippen molar-refractivity contribution in [2.24, 2.45) is 0 Å². The predicted octanol–water partition coefficient (Wildman–Crippen LogP) is 3.45. The molecule has 0 unspecified atom stereocenters. The molecule has 0 aliphatic rings. The van der Waals surface area contributed by atoms with Crippen molar-refractivity contribution in [2.45, 2.75) is 25.8 Å². The van der Waals surface area contributed by atoms with E-state index >= 15 is 0 Å². The second-order valence-electron chi connectivity index (χ2n) is 2.70. The van der Waals surface area contributed by atoms with Crippen LogP contribution < -0.4 is 0 Å². The molecule has 2 nitrogen and oxygen atoms in total. The van der Waals surface area contributed by atoms with Crippen molar-refractivity contribution >= 4 is 45.2 Å². The molecule has 0 amide bonds. The molecule has 0 atom stereocenters. The molecule has 0 aromatic rings. The average Bonchev–Trinajstić information content (AvgIpc) is 1.95. The van der Waals surface area contributed by atoms with Crippen LogP contribution in [0.15, 0.2) is 11.6 Å². The summed E-state index contributed by atoms with van der Waals surface area (Å²) in [6.07, 6.45) is 3.03. The molecule has 13 heavy (non-hydrogen) atoms. The van der Waals surface area contributed by atoms with E-state index < -0.39 is 12.0 Å². The van der Waals surface area contributed by atoms with Crippen molar-refractivity contribution in [2.75, 3.05) is 0 Å². The monoisotopic (exact) mass is 260 g/mol. The van der Waals surface area contributed by atoms with Gasteiger partial charge in [-0.1, -0.05) is 6.08 Å². The van der Waals surface area contributed by atoms with E-state index in [9.17, 15) is 4.79 Å². The molecule has 0 saturated carbocycles. The molecule has 0 heterocycles. The molecular weight excluding hydrogens is 251 g/mol. The van der Waals surface area contributed by atoms with Gasteiger partial charge in [0, 0.05) is 5.57 Å². The van der Waals surface area contributed by atoms with Crippen molar-refractivity contribution in [1.82, 2.24) is 0 Å². The lowest BCUT2D eigenvalue weighted by atomic mass is 10.2. The number of hydrogen-bond acceptors (Lipinski definition) is 1. The van der Waals surface area contributed by atoms with E-state index in [1.54, 1.807) is 13.0 Å². The smallest absolute Gasteiger partial charge is 0.341 e. The Morgan fingerprint density at radius 3 is 2.38 bits per heavy atom. The van der Waals surface area contributed by atoms with Crippen molar-refractivity contribution in [3.05, 3.63) is 11.6 Å². The first kappa shape index (κ1) is 13.3. The number of carboxylic acid groups (broad SMARTS) is 1. The highest BCUT2D eigenvalue weighted by atomic mass is 35.8. The third kappa shape index (κ3) is 8.62. The first-order chi connectivity index (χ1) is 5.83. The Bertz CT molecular complexity index is 210. The molecule has 0 aromatic carbocycles. The fourth-order valence-corrected chi connectivity index (χ4v) is 2.52. The summed E-state index contributed by atoms with van der Waals surface area (Å²) in [5.74, 6) is -0.897. The van der Waals surface area contributed by atoms with Crippen LogP contribution >= 0.6 is 33.2 Å². The van der Waals surface area contributed by atoms with Gasteiger partial charge in [0.2, 0.25) is 0 Å². The quantitative estimate of drug-likeness (QED) is 0.356. The van der Waals surface area contributed by atoms with Crippen molar-refractivity contribution in [1.29, 1.82) is 0 Å². The summed E-state index contributed by atoms with van der Waals surface area (Å²) in [4.78, 5) is 10.4. The van der Waals surface area contributed by atoms with Gasteiger partial charge in [0.05, 0.1) is 0 Å². The van der Waals surface area contributed by atoms with Gasteiger partial charge in [-0.15, -0.1) is 33.2 Å². The zero-order chi connectivity index (χ0) is 10.5. The molecule has 0 saturated heterocycles. The number of halogens is 3. The van der Waals surface area contributed by atoms with E-state index in [0.29, 0.717) is 18.0 Å². The minimum Gasteiger partial charge on any atom is -0.478 e. The second kappa shape index (κ2) is 5.91. The number of aliphatic carboxylic acids is 1. The summed E-state index contributed by atoms with van der Waals surface area (Å²) >= 11 is 16.9. The van der Waals surface area contributed by atoms with Gasteiger partial charge in [0.15, 0.2) is 0 Å². The maximum absolute atomic E-state index is 10.4. The summed E-state index contributed by atoms with van der Waals surface area (Å²) in [7, 11) is 0. The zero-order valence-electron chi connectivity index (χ0n) is 7.19. The Morgan fingerprint density at radius 2 is 2.00 bits per heavy atom. The Morgan fingerprint density at radius 1 is 1.46 bits per heavy atom. The maximum Gasteiger partial charge on any atom is 0.341 e. The molecular formula is C7H11Cl3O2Si. The minimum atomic E-state index is -2.52. The first-order valence-corrected chi connectivity index (χ1v) is 9.04. The average molecular weight is 262 g/mol. The van der Waals surface area contributed by atoms with Crippen LogP contribution in [-0.2, 0) is 4.79 Å². The lowest BCUT2D eigenvalue weighted by Gasteiger charge is -2.04. The van der Waals surface area contributed by atoms with Crippen LogP contribution in [0.5, 0.6) is 0 Å². The Labute approximate surface area is 92.6 Å². The third-order valence-electron chi connectivity index (χ3n) is 1.45. The third-order valence-corrected chi connectivity index (χ3v) is 4.07. The van der Waals surface area contributed by atoms with E-state index in [1.165, 1.54) is 0 Å². The summed E-state index contributed by atoms with van der Waals surface area (Å²) < 4.78 is 0. The molecule has 76 valence electrons. The minimum absolute atomic E-state index is 0.339. The highest BCUT2D eigenvalue weighted by Crippen LogP contribution is 2.27. The van der Waals surface area contributed by atoms with E-state index in [4.69, 9.17) is 38.3 Å². The van der Waals surface area contributed by atoms with Crippen LogP contribution in [0.2, 0.25) is 6.04 Å². The fourth-order valence-electron chi connectivity index (χ4n) is 0.708. The molecule has 0 bridgehead atoms. The normalized spacial score (nSPS) is 13.1. The van der Waals surface area contributed by atoms with Crippen LogP contribution in [0.1, 0.15) is 19.8 Å². The number of rotatable bonds is 5. The van der Waals surface area contributed by atoms with Gasteiger partial charge in [-0.05, 0) is 25.8 Å². The summed E-state index contributed by atoms with van der Waals surface area (Å²) in [6, 6.07) is -1.95. The van der Waals surface area contributed by atoms with Gasteiger partial charge in [-0.25, -0.2) is 4.79 Å². The molecule has 6 heteroatoms. The SMILES string of the molecule is CC(=CCCC[Si](Cl)(Cl)Cl)C(=O)O. The summed E-state index contributed by atoms with van der Waals surface area (Å²) in [5.41, 5.74) is 0.339. The lowest BCUT2D eigenvalue weighted by Crippen LogP contribution is -2.07. The highest BCUT2D eigenvalue weighted by Gasteiger charge is 2.23. The summed E-state index contributed by atoms with van der Waals surface area (Å²) in [5, 5.41) is 8.50. The van der Waals surface area contributed by atoms with E-state index in [1.807, 2.05) is 0 Å². The molecule has 0 aliphatic carbocycles. The van der Waals surface area contributed by atoms with Crippen LogP contribution in [0, 0.1) is 0 Å². The van der Waals surface area contributed by atoms with Crippen molar-refractivity contribution < 1.29 is 9.90 Å². The Hall–Kier alpha value is 0.297. The largest absolute Gasteiger partial charge is 0.478 e. The molecule has 0 spiro atoms. The van der Waals surface area contributed by atoms with Crippen LogP contribution in [0.25, 0.3) is 0 Å². The first-order valence-electron chi connectivity index (χ1n) is 3.80. The molecule has 0 fully saturated rings. The highest BCUT2D eigenvalue weighted by molar-refractivity contribution is 7.64. The van der Waals surface area contributed by atoms with Gasteiger partial charge >= 0.3 is 12.0 Å². The summed E-state index contributed by atoms with van der Waals surface area (Å²) in [6.45, 7) is 1.55. The van der Waals surface area contributed by atoms with Crippen LogP contribution in [-0.4, -0.2) is 17.1 Å². The van der Waals surface area contributed by atoms with E-state index in [2.05, 4.69) is 0 Å². The van der Waals surface area contributed by atoms with E-state index in [0.717, 1.165) is 6.42 Å². The molecule has 0 rings (SSSR count). The molecule has 0 radical (unpaired) electrons. The van der Waals surface area contributed by atoms with Gasteiger partial charge in [0.25, 0.3) is 0 Å². The lowest BCUT2D eigenvalue weighted by molar-refractivity contribution is -0.132. The predicted molar refractivity (Wildman–Crippen MR) is 58.7 cm³/mol. The van der Waals surface area contributed by atoms with Gasteiger partial charge in [-0.3, -0.25) is 0 Å². The van der Waals surface area contributed by atoms with Gasteiger partial charge in [0.1, 0.15) is 0 Å². The molecule has 0 aromatic heterocycles. The Kier molecular flexibility index (Phi) is 6.04. The van der Waals surface area contributed by atoms with Crippen LogP contribution in [0.4, 0.5) is 0 Å². The van der Waals surface area contributed by atoms with Crippen LogP contribution in [0.3, 0.4) is 0 Å². The molecule has 0 aliphatic heterocycles. The number of unbranched alkanes of at least 4 members (excludes halogenated alkanes) is 1. The van der Waals surface area contributed by atoms with E-state index in [-0.39, 0.29) is 0 Å². The second-order valence-corrected chi connectivity index (χ2v) is 12.0. The fraction of sp³-hybridized carbons (Fsp3) is 0.571. The number of allylic oxidation sites excluding steroid dienone is 1. The van der Waals surface area contributed by atoms with Crippen molar-refractivity contribution in [3.8, 4) is 0 Å². The standard InChI is InChI=1S/C7H11Cl3O2Si/c1-6(7(11)12)4-2-3-5-13(8,9)10/h4H,2-3,5H2,1H3,(H,11,12). The number of carbonyl (C=O) groups is 1. The van der Waals surface area contributed by atoms with Gasteiger partial charge in [-0.2, -0.15) is 0 Å². The topological polar surface area (TPSA) is 37.3 Å². The number of carboxylic acids is 1. The maximum atomic E-state index is 10.4. The number of hydrogen-bond donors (Lipinski definition) is 1. The van der Waals surface area contributed by atoms with Crippen molar-refractivity contribution in [3.63, 3.8) is 0 Å². The Balaban J connectivity index is 3.68. The zero-order valence-corrected chi connectivity index (χ0v) is 10.5. The molecule has 1 N–H and O–H groups in total.